The molecule has 0 bridgehead atoms. The second-order valence-electron chi connectivity index (χ2n) is 5.89. The minimum atomic E-state index is -0.668. The molecular weight excluding hydrogens is 438 g/mol. The highest BCUT2D eigenvalue weighted by Gasteiger charge is 2.14. The normalized spacial score (nSPS) is 10.8. The quantitative estimate of drug-likeness (QED) is 0.234. The first kappa shape index (κ1) is 22.3. The molecule has 0 radical (unpaired) electrons. The Morgan fingerprint density at radius 1 is 1.17 bits per heavy atom. The number of carbonyl (C=O) groups excluding carboxylic acids is 1. The molecule has 0 aliphatic rings. The number of para-hydroxylation sites is 1. The molecule has 0 saturated heterocycles. The largest absolute Gasteiger partial charge is 0.493 e. The third-order valence-electron chi connectivity index (χ3n) is 3.86. The third-order valence-corrected chi connectivity index (χ3v) is 4.45. The number of aryl methyl sites for hydroxylation is 1. The molecule has 0 heterocycles. The molecule has 0 unspecified atom stereocenters. The highest BCUT2D eigenvalue weighted by atomic mass is 79.9. The number of carbonyl (C=O) groups is 1. The molecule has 0 spiro atoms. The molecule has 29 heavy (non-hydrogen) atoms. The van der Waals surface area contributed by atoms with Crippen molar-refractivity contribution in [2.24, 2.45) is 0 Å². The Hall–Kier alpha value is -2.98. The summed E-state index contributed by atoms with van der Waals surface area (Å²) < 4.78 is 22.5. The van der Waals surface area contributed by atoms with E-state index in [0.717, 1.165) is 11.3 Å². The Kier molecular flexibility index (Phi) is 8.56. The average Bonchev–Trinajstić information content (AvgIpc) is 2.71. The predicted octanol–water partition coefficient (Wildman–Crippen LogP) is 4.69. The summed E-state index contributed by atoms with van der Waals surface area (Å²) in [7, 11) is 1.52. The minimum absolute atomic E-state index is 0.0962. The summed E-state index contributed by atoms with van der Waals surface area (Å²) in [5, 5.41) is 9.19. The smallest absolute Gasteiger partial charge is 0.348 e. The molecule has 7 heteroatoms. The number of nitrogens with zero attached hydrogens (tertiary/aromatic N) is 1. The van der Waals surface area contributed by atoms with Crippen LogP contribution in [0.15, 0.2) is 46.4 Å². The summed E-state index contributed by atoms with van der Waals surface area (Å²) in [6, 6.07) is 13.0. The first-order valence-corrected chi connectivity index (χ1v) is 9.77. The number of ether oxygens (including phenoxy) is 4. The fraction of sp³-hybridized carbons (Fsp3) is 0.273. The fourth-order valence-corrected chi connectivity index (χ4v) is 3.06. The van der Waals surface area contributed by atoms with Crippen molar-refractivity contribution in [3.63, 3.8) is 0 Å². The number of hydrogen-bond acceptors (Lipinski definition) is 6. The standard InChI is InChI=1S/C22H22BrNO5/c1-4-27-22(25)17(14-24)11-16-12-18(23)21(20(13-16)26-3)29-10-9-28-19-8-6-5-7-15(19)2/h5-8,11-13H,4,9-10H2,1-3H3/b17-11+. The van der Waals surface area contributed by atoms with E-state index in [-0.39, 0.29) is 12.2 Å². The Labute approximate surface area is 178 Å². The molecule has 0 fully saturated rings. The van der Waals surface area contributed by atoms with E-state index in [0.29, 0.717) is 34.7 Å². The van der Waals surface area contributed by atoms with E-state index >= 15 is 0 Å². The molecule has 2 aromatic carbocycles. The van der Waals surface area contributed by atoms with Gasteiger partial charge in [0.05, 0.1) is 18.2 Å². The van der Waals surface area contributed by atoms with Crippen molar-refractivity contribution >= 4 is 28.0 Å². The Morgan fingerprint density at radius 2 is 1.90 bits per heavy atom. The van der Waals surface area contributed by atoms with Crippen molar-refractivity contribution in [2.45, 2.75) is 13.8 Å². The van der Waals surface area contributed by atoms with Gasteiger partial charge in [-0.1, -0.05) is 18.2 Å². The van der Waals surface area contributed by atoms with Crippen LogP contribution in [0.2, 0.25) is 0 Å². The Bertz CT molecular complexity index is 933. The molecule has 0 aliphatic carbocycles. The topological polar surface area (TPSA) is 77.8 Å². The summed E-state index contributed by atoms with van der Waals surface area (Å²) in [6.07, 6.45) is 1.44. The van der Waals surface area contributed by atoms with Crippen LogP contribution in [0.1, 0.15) is 18.1 Å². The van der Waals surface area contributed by atoms with E-state index < -0.39 is 5.97 Å². The molecule has 0 aliphatic heterocycles. The first-order valence-electron chi connectivity index (χ1n) is 8.97. The molecule has 0 N–H and O–H groups in total. The minimum Gasteiger partial charge on any atom is -0.493 e. The van der Waals surface area contributed by atoms with Gasteiger partial charge in [-0.05, 0) is 65.2 Å². The summed E-state index contributed by atoms with van der Waals surface area (Å²) in [4.78, 5) is 11.8. The monoisotopic (exact) mass is 459 g/mol. The molecule has 0 atom stereocenters. The van der Waals surface area contributed by atoms with Crippen LogP contribution in [0.3, 0.4) is 0 Å². The van der Waals surface area contributed by atoms with Gasteiger partial charge < -0.3 is 18.9 Å². The highest BCUT2D eigenvalue weighted by molar-refractivity contribution is 9.10. The third kappa shape index (κ3) is 6.26. The van der Waals surface area contributed by atoms with Crippen LogP contribution in [0.25, 0.3) is 6.08 Å². The zero-order chi connectivity index (χ0) is 21.2. The number of nitriles is 1. The van der Waals surface area contributed by atoms with Gasteiger partial charge in [0.15, 0.2) is 11.5 Å². The number of benzene rings is 2. The summed E-state index contributed by atoms with van der Waals surface area (Å²) >= 11 is 3.45. The van der Waals surface area contributed by atoms with Gasteiger partial charge in [0.1, 0.15) is 30.6 Å². The van der Waals surface area contributed by atoms with Crippen LogP contribution in [-0.4, -0.2) is 32.9 Å². The number of esters is 1. The lowest BCUT2D eigenvalue weighted by molar-refractivity contribution is -0.137. The summed E-state index contributed by atoms with van der Waals surface area (Å²) in [6.45, 7) is 4.53. The lowest BCUT2D eigenvalue weighted by Crippen LogP contribution is -2.10. The van der Waals surface area contributed by atoms with Crippen LogP contribution < -0.4 is 14.2 Å². The van der Waals surface area contributed by atoms with Gasteiger partial charge in [0, 0.05) is 0 Å². The predicted molar refractivity (Wildman–Crippen MR) is 113 cm³/mol. The van der Waals surface area contributed by atoms with E-state index in [4.69, 9.17) is 18.9 Å². The number of hydrogen-bond donors (Lipinski definition) is 0. The molecule has 6 nitrogen and oxygen atoms in total. The molecule has 0 amide bonds. The van der Waals surface area contributed by atoms with Gasteiger partial charge in [-0.3, -0.25) is 0 Å². The summed E-state index contributed by atoms with van der Waals surface area (Å²) in [5.74, 6) is 1.11. The fourth-order valence-electron chi connectivity index (χ4n) is 2.49. The SMILES string of the molecule is CCOC(=O)/C(C#N)=C/c1cc(Br)c(OCCOc2ccccc2C)c(OC)c1. The second kappa shape index (κ2) is 11.1. The van der Waals surface area contributed by atoms with Crippen molar-refractivity contribution in [2.75, 3.05) is 26.9 Å². The number of rotatable bonds is 9. The maximum absolute atomic E-state index is 11.8. The average molecular weight is 460 g/mol. The zero-order valence-electron chi connectivity index (χ0n) is 16.5. The van der Waals surface area contributed by atoms with Crippen molar-refractivity contribution in [1.29, 1.82) is 5.26 Å². The van der Waals surface area contributed by atoms with Crippen LogP contribution in [0, 0.1) is 18.3 Å². The van der Waals surface area contributed by atoms with Crippen molar-refractivity contribution < 1.29 is 23.7 Å². The lowest BCUT2D eigenvalue weighted by Gasteiger charge is -2.14. The second-order valence-corrected chi connectivity index (χ2v) is 6.74. The van der Waals surface area contributed by atoms with Crippen molar-refractivity contribution in [3.05, 3.63) is 57.6 Å². The zero-order valence-corrected chi connectivity index (χ0v) is 18.1. The highest BCUT2D eigenvalue weighted by Crippen LogP contribution is 2.37. The van der Waals surface area contributed by atoms with Crippen molar-refractivity contribution in [3.8, 4) is 23.3 Å². The van der Waals surface area contributed by atoms with Crippen LogP contribution in [0.5, 0.6) is 17.2 Å². The van der Waals surface area contributed by atoms with Crippen LogP contribution in [0.4, 0.5) is 0 Å². The van der Waals surface area contributed by atoms with E-state index in [1.54, 1.807) is 19.1 Å². The lowest BCUT2D eigenvalue weighted by atomic mass is 10.1. The van der Waals surface area contributed by atoms with Gasteiger partial charge in [-0.15, -0.1) is 0 Å². The molecule has 0 saturated carbocycles. The molecule has 2 rings (SSSR count). The molecule has 152 valence electrons. The molecule has 0 aromatic heterocycles. The van der Waals surface area contributed by atoms with Gasteiger partial charge in [0.25, 0.3) is 0 Å². The van der Waals surface area contributed by atoms with Gasteiger partial charge in [-0.2, -0.15) is 5.26 Å². The summed E-state index contributed by atoms with van der Waals surface area (Å²) in [5.41, 5.74) is 1.56. The molecule has 2 aromatic rings. The van der Waals surface area contributed by atoms with Crippen LogP contribution >= 0.6 is 15.9 Å². The van der Waals surface area contributed by atoms with Crippen LogP contribution in [-0.2, 0) is 9.53 Å². The Balaban J connectivity index is 2.11. The first-order chi connectivity index (χ1) is 14.0. The number of methoxy groups -OCH3 is 1. The Morgan fingerprint density at radius 3 is 2.55 bits per heavy atom. The van der Waals surface area contributed by atoms with E-state index in [9.17, 15) is 10.1 Å². The van der Waals surface area contributed by atoms with Gasteiger partial charge in [-0.25, -0.2) is 4.79 Å². The maximum atomic E-state index is 11.8. The van der Waals surface area contributed by atoms with Gasteiger partial charge >= 0.3 is 5.97 Å². The van der Waals surface area contributed by atoms with Crippen molar-refractivity contribution in [1.82, 2.24) is 0 Å². The van der Waals surface area contributed by atoms with E-state index in [2.05, 4.69) is 15.9 Å². The van der Waals surface area contributed by atoms with Gasteiger partial charge in [0.2, 0.25) is 0 Å². The number of halogens is 1. The van der Waals surface area contributed by atoms with E-state index in [1.807, 2.05) is 37.3 Å². The molecular formula is C22H22BrNO5. The maximum Gasteiger partial charge on any atom is 0.348 e. The van der Waals surface area contributed by atoms with E-state index in [1.165, 1.54) is 13.2 Å².